The van der Waals surface area contributed by atoms with Crippen molar-refractivity contribution in [2.45, 2.75) is 33.8 Å². The Morgan fingerprint density at radius 3 is 2.71 bits per heavy atom. The Balaban J connectivity index is 2.16. The molecule has 0 unspecified atom stereocenters. The molecule has 0 saturated carbocycles. The first kappa shape index (κ1) is 11.5. The van der Waals surface area contributed by atoms with Gasteiger partial charge in [0, 0.05) is 12.0 Å². The van der Waals surface area contributed by atoms with Crippen LogP contribution < -0.4 is 5.73 Å². The van der Waals surface area contributed by atoms with Gasteiger partial charge in [-0.05, 0) is 11.8 Å². The van der Waals surface area contributed by atoms with E-state index in [1.54, 1.807) is 0 Å². The number of thiazole rings is 1. The van der Waals surface area contributed by atoms with Crippen molar-refractivity contribution >= 4 is 16.5 Å². The molecule has 4 heteroatoms. The predicted octanol–water partition coefficient (Wildman–Crippen LogP) is 2.68. The predicted molar refractivity (Wildman–Crippen MR) is 60.3 cm³/mol. The van der Waals surface area contributed by atoms with Gasteiger partial charge in [0.2, 0.25) is 0 Å². The normalized spacial score (nSPS) is 11.9. The lowest BCUT2D eigenvalue weighted by molar-refractivity contribution is 0.0944. The van der Waals surface area contributed by atoms with E-state index in [1.165, 1.54) is 11.3 Å². The zero-order valence-corrected chi connectivity index (χ0v) is 9.86. The molecule has 0 aliphatic heterocycles. The molecule has 0 atom stereocenters. The molecular weight excluding hydrogens is 196 g/mol. The summed E-state index contributed by atoms with van der Waals surface area (Å²) in [5.41, 5.74) is 6.77. The fourth-order valence-electron chi connectivity index (χ4n) is 0.944. The molecule has 3 nitrogen and oxygen atoms in total. The number of rotatable bonds is 4. The summed E-state index contributed by atoms with van der Waals surface area (Å²) in [6.07, 6.45) is 1.06. The quantitative estimate of drug-likeness (QED) is 0.784. The summed E-state index contributed by atoms with van der Waals surface area (Å²) < 4.78 is 5.50. The van der Waals surface area contributed by atoms with Crippen LogP contribution in [0.2, 0.25) is 0 Å². The lowest BCUT2D eigenvalue weighted by Crippen LogP contribution is -2.09. The van der Waals surface area contributed by atoms with Crippen LogP contribution in [0.5, 0.6) is 0 Å². The van der Waals surface area contributed by atoms with Crippen molar-refractivity contribution in [3.8, 4) is 0 Å². The van der Waals surface area contributed by atoms with Gasteiger partial charge in [-0.25, -0.2) is 4.98 Å². The van der Waals surface area contributed by atoms with Crippen LogP contribution in [0.4, 0.5) is 5.13 Å². The maximum absolute atomic E-state index is 5.50. The van der Waals surface area contributed by atoms with E-state index in [-0.39, 0.29) is 0 Å². The van der Waals surface area contributed by atoms with Crippen LogP contribution in [-0.2, 0) is 11.3 Å². The highest BCUT2D eigenvalue weighted by Crippen LogP contribution is 2.18. The van der Waals surface area contributed by atoms with E-state index in [2.05, 4.69) is 25.8 Å². The Labute approximate surface area is 89.3 Å². The molecule has 0 aliphatic rings. The van der Waals surface area contributed by atoms with E-state index >= 15 is 0 Å². The first-order valence-corrected chi connectivity index (χ1v) is 5.63. The number of nitrogens with two attached hydrogens (primary N) is 1. The Morgan fingerprint density at radius 1 is 1.50 bits per heavy atom. The molecule has 1 rings (SSSR count). The summed E-state index contributed by atoms with van der Waals surface area (Å²) in [7, 11) is 0. The first-order valence-electron chi connectivity index (χ1n) is 4.75. The number of anilines is 1. The smallest absolute Gasteiger partial charge is 0.180 e. The maximum atomic E-state index is 5.50. The Bertz CT molecular complexity index is 278. The molecule has 1 aromatic rings. The third-order valence-corrected chi connectivity index (χ3v) is 2.54. The van der Waals surface area contributed by atoms with Gasteiger partial charge in [0.05, 0.1) is 12.3 Å². The first-order chi connectivity index (χ1) is 6.47. The van der Waals surface area contributed by atoms with Gasteiger partial charge < -0.3 is 10.5 Å². The van der Waals surface area contributed by atoms with E-state index < -0.39 is 0 Å². The second-order valence-corrected chi connectivity index (χ2v) is 5.43. The molecule has 0 spiro atoms. The minimum atomic E-state index is 0.334. The molecule has 2 N–H and O–H groups in total. The molecular formula is C10H18N2OS. The van der Waals surface area contributed by atoms with Crippen LogP contribution >= 0.6 is 11.3 Å². The van der Waals surface area contributed by atoms with Crippen molar-refractivity contribution < 1.29 is 4.74 Å². The molecule has 0 aliphatic carbocycles. The highest BCUT2D eigenvalue weighted by molar-refractivity contribution is 7.13. The van der Waals surface area contributed by atoms with Crippen molar-refractivity contribution in [2.75, 3.05) is 12.3 Å². The summed E-state index contributed by atoms with van der Waals surface area (Å²) in [4.78, 5) is 4.12. The molecule has 14 heavy (non-hydrogen) atoms. The summed E-state index contributed by atoms with van der Waals surface area (Å²) in [6, 6.07) is 0. The van der Waals surface area contributed by atoms with Gasteiger partial charge in [0.1, 0.15) is 0 Å². The molecule has 0 amide bonds. The second-order valence-electron chi connectivity index (χ2n) is 4.54. The van der Waals surface area contributed by atoms with Gasteiger partial charge in [0.25, 0.3) is 0 Å². The third-order valence-electron chi connectivity index (χ3n) is 1.82. The topological polar surface area (TPSA) is 48.1 Å². The minimum absolute atomic E-state index is 0.334. The molecule has 80 valence electrons. The maximum Gasteiger partial charge on any atom is 0.180 e. The largest absolute Gasteiger partial charge is 0.375 e. The van der Waals surface area contributed by atoms with Crippen molar-refractivity contribution in [1.29, 1.82) is 0 Å². The Kier molecular flexibility index (Phi) is 3.89. The molecule has 0 bridgehead atoms. The fraction of sp³-hybridized carbons (Fsp3) is 0.700. The van der Waals surface area contributed by atoms with Crippen LogP contribution in [-0.4, -0.2) is 11.6 Å². The summed E-state index contributed by atoms with van der Waals surface area (Å²) in [5.74, 6) is 0. The average Bonchev–Trinajstić information content (AvgIpc) is 2.44. The van der Waals surface area contributed by atoms with E-state index in [0.717, 1.165) is 18.7 Å². The highest BCUT2D eigenvalue weighted by atomic mass is 32.1. The van der Waals surface area contributed by atoms with E-state index in [1.807, 2.05) is 5.38 Å². The van der Waals surface area contributed by atoms with Crippen LogP contribution in [0.3, 0.4) is 0 Å². The van der Waals surface area contributed by atoms with Gasteiger partial charge in [-0.3, -0.25) is 0 Å². The summed E-state index contributed by atoms with van der Waals surface area (Å²) in [5, 5.41) is 2.55. The zero-order chi connectivity index (χ0) is 10.6. The third kappa shape index (κ3) is 4.58. The molecule has 1 heterocycles. The standard InChI is InChI=1S/C10H18N2OS/c1-10(2,3)4-5-13-6-8-7-14-9(11)12-8/h7H,4-6H2,1-3H3,(H2,11,12). The Morgan fingerprint density at radius 2 is 2.21 bits per heavy atom. The number of nitrogens with zero attached hydrogens (tertiary/aromatic N) is 1. The monoisotopic (exact) mass is 214 g/mol. The molecule has 0 saturated heterocycles. The van der Waals surface area contributed by atoms with Crippen molar-refractivity contribution in [2.24, 2.45) is 5.41 Å². The van der Waals surface area contributed by atoms with Gasteiger partial charge in [0.15, 0.2) is 5.13 Å². The van der Waals surface area contributed by atoms with Crippen LogP contribution in [0, 0.1) is 5.41 Å². The molecule has 0 radical (unpaired) electrons. The van der Waals surface area contributed by atoms with Crippen LogP contribution in [0.15, 0.2) is 5.38 Å². The van der Waals surface area contributed by atoms with E-state index in [4.69, 9.17) is 10.5 Å². The number of ether oxygens (including phenoxy) is 1. The molecule has 0 fully saturated rings. The Hall–Kier alpha value is -0.610. The van der Waals surface area contributed by atoms with E-state index in [0.29, 0.717) is 17.2 Å². The lowest BCUT2D eigenvalue weighted by atomic mass is 9.93. The van der Waals surface area contributed by atoms with Crippen molar-refractivity contribution in [1.82, 2.24) is 4.98 Å². The summed E-state index contributed by atoms with van der Waals surface area (Å²) >= 11 is 1.45. The lowest BCUT2D eigenvalue weighted by Gasteiger charge is -2.17. The second kappa shape index (κ2) is 4.75. The van der Waals surface area contributed by atoms with Gasteiger partial charge >= 0.3 is 0 Å². The minimum Gasteiger partial charge on any atom is -0.375 e. The zero-order valence-electron chi connectivity index (χ0n) is 9.04. The van der Waals surface area contributed by atoms with Gasteiger partial charge in [-0.2, -0.15) is 0 Å². The van der Waals surface area contributed by atoms with Crippen LogP contribution in [0.1, 0.15) is 32.9 Å². The fourth-order valence-corrected chi connectivity index (χ4v) is 1.49. The molecule has 0 aromatic carbocycles. The highest BCUT2D eigenvalue weighted by Gasteiger charge is 2.09. The van der Waals surface area contributed by atoms with Crippen LogP contribution in [0.25, 0.3) is 0 Å². The number of hydrogen-bond acceptors (Lipinski definition) is 4. The van der Waals surface area contributed by atoms with Gasteiger partial charge in [-0.1, -0.05) is 20.8 Å². The molecule has 1 aromatic heterocycles. The number of aromatic nitrogens is 1. The number of nitrogen functional groups attached to an aromatic ring is 1. The van der Waals surface area contributed by atoms with Crippen molar-refractivity contribution in [3.05, 3.63) is 11.1 Å². The van der Waals surface area contributed by atoms with Crippen molar-refractivity contribution in [3.63, 3.8) is 0 Å². The summed E-state index contributed by atoms with van der Waals surface area (Å²) in [6.45, 7) is 7.97. The number of hydrogen-bond donors (Lipinski definition) is 1. The van der Waals surface area contributed by atoms with E-state index in [9.17, 15) is 0 Å². The SMILES string of the molecule is CC(C)(C)CCOCc1csc(N)n1. The van der Waals surface area contributed by atoms with Gasteiger partial charge in [-0.15, -0.1) is 11.3 Å². The average molecular weight is 214 g/mol.